The van der Waals surface area contributed by atoms with E-state index in [4.69, 9.17) is 0 Å². The fourth-order valence-corrected chi connectivity index (χ4v) is 1.91. The Kier molecular flexibility index (Phi) is 2.86. The first-order chi connectivity index (χ1) is 7.16. The maximum Gasteiger partial charge on any atom is 0.110 e. The molecule has 0 fully saturated rings. The molecule has 1 aliphatic rings. The Morgan fingerprint density at radius 1 is 1.53 bits per heavy atom. The fraction of sp³-hybridized carbons (Fsp3) is 0.545. The molecule has 82 valence electrons. The van der Waals surface area contributed by atoms with E-state index in [0.717, 1.165) is 19.5 Å². The number of aryl methyl sites for hydroxylation is 2. The zero-order chi connectivity index (χ0) is 10.8. The Labute approximate surface area is 89.2 Å². The predicted molar refractivity (Wildman–Crippen MR) is 57.0 cm³/mol. The van der Waals surface area contributed by atoms with Gasteiger partial charge in [0, 0.05) is 20.1 Å². The number of hydrogen-bond donors (Lipinski definition) is 0. The van der Waals surface area contributed by atoms with Crippen LogP contribution in [0.4, 0.5) is 4.39 Å². The van der Waals surface area contributed by atoms with Gasteiger partial charge in [-0.3, -0.25) is 9.58 Å². The molecular formula is C11H16FN3. The maximum atomic E-state index is 13.1. The van der Waals surface area contributed by atoms with Crippen LogP contribution in [0.5, 0.6) is 0 Å². The van der Waals surface area contributed by atoms with Gasteiger partial charge < -0.3 is 0 Å². The Balaban J connectivity index is 2.06. The van der Waals surface area contributed by atoms with Gasteiger partial charge in [-0.2, -0.15) is 5.10 Å². The molecule has 0 amide bonds. The van der Waals surface area contributed by atoms with E-state index in [0.29, 0.717) is 6.54 Å². The normalized spacial score (nSPS) is 17.9. The SMILES string of the molecule is Cc1cnn(C)c1CN1CCC=C(F)C1. The monoisotopic (exact) mass is 209 g/mol. The van der Waals surface area contributed by atoms with Crippen molar-refractivity contribution in [1.82, 2.24) is 14.7 Å². The molecule has 0 radical (unpaired) electrons. The maximum absolute atomic E-state index is 13.1. The molecule has 0 N–H and O–H groups in total. The van der Waals surface area contributed by atoms with Crippen LogP contribution in [0.2, 0.25) is 0 Å². The zero-order valence-electron chi connectivity index (χ0n) is 9.20. The van der Waals surface area contributed by atoms with Crippen molar-refractivity contribution in [2.75, 3.05) is 13.1 Å². The lowest BCUT2D eigenvalue weighted by Gasteiger charge is -2.24. The molecule has 2 heterocycles. The van der Waals surface area contributed by atoms with Crippen LogP contribution in [0, 0.1) is 6.92 Å². The summed E-state index contributed by atoms with van der Waals surface area (Å²) in [5.41, 5.74) is 2.34. The Bertz CT molecular complexity index is 362. The summed E-state index contributed by atoms with van der Waals surface area (Å²) in [7, 11) is 1.93. The van der Waals surface area contributed by atoms with Crippen LogP contribution in [0.25, 0.3) is 0 Å². The van der Waals surface area contributed by atoms with E-state index in [-0.39, 0.29) is 5.83 Å². The van der Waals surface area contributed by atoms with Crippen LogP contribution in [-0.2, 0) is 13.6 Å². The smallest absolute Gasteiger partial charge is 0.110 e. The van der Waals surface area contributed by atoms with E-state index in [2.05, 4.69) is 10.00 Å². The summed E-state index contributed by atoms with van der Waals surface area (Å²) < 4.78 is 14.9. The molecule has 0 bridgehead atoms. The number of rotatable bonds is 2. The van der Waals surface area contributed by atoms with Crippen molar-refractivity contribution in [1.29, 1.82) is 0 Å². The van der Waals surface area contributed by atoms with Crippen molar-refractivity contribution in [3.63, 3.8) is 0 Å². The molecule has 0 aliphatic carbocycles. The lowest BCUT2D eigenvalue weighted by atomic mass is 10.2. The van der Waals surface area contributed by atoms with E-state index >= 15 is 0 Å². The summed E-state index contributed by atoms with van der Waals surface area (Å²) >= 11 is 0. The summed E-state index contributed by atoms with van der Waals surface area (Å²) in [6.07, 6.45) is 4.33. The van der Waals surface area contributed by atoms with Gasteiger partial charge in [-0.1, -0.05) is 6.08 Å². The lowest BCUT2D eigenvalue weighted by Crippen LogP contribution is -2.29. The molecule has 1 aromatic rings. The van der Waals surface area contributed by atoms with Crippen LogP contribution >= 0.6 is 0 Å². The molecule has 0 saturated carbocycles. The molecule has 3 nitrogen and oxygen atoms in total. The van der Waals surface area contributed by atoms with Gasteiger partial charge in [0.1, 0.15) is 5.83 Å². The van der Waals surface area contributed by atoms with Crippen LogP contribution in [-0.4, -0.2) is 27.8 Å². The predicted octanol–water partition coefficient (Wildman–Crippen LogP) is 1.79. The Morgan fingerprint density at radius 2 is 2.33 bits per heavy atom. The summed E-state index contributed by atoms with van der Waals surface area (Å²) in [4.78, 5) is 2.11. The summed E-state index contributed by atoms with van der Waals surface area (Å²) in [5.74, 6) is -0.0129. The minimum atomic E-state index is -0.0129. The molecule has 0 saturated heterocycles. The number of hydrogen-bond acceptors (Lipinski definition) is 2. The molecule has 1 aromatic heterocycles. The van der Waals surface area contributed by atoms with Gasteiger partial charge in [-0.05, 0) is 18.9 Å². The molecule has 4 heteroatoms. The van der Waals surface area contributed by atoms with Crippen LogP contribution in [0.1, 0.15) is 17.7 Å². The standard InChI is InChI=1S/C11H16FN3/c1-9-6-13-14(2)11(9)8-15-5-3-4-10(12)7-15/h4,6H,3,5,7-8H2,1-2H3. The minimum Gasteiger partial charge on any atom is -0.291 e. The first-order valence-corrected chi connectivity index (χ1v) is 5.21. The Hall–Kier alpha value is -1.16. The molecule has 15 heavy (non-hydrogen) atoms. The van der Waals surface area contributed by atoms with Crippen LogP contribution in [0.3, 0.4) is 0 Å². The zero-order valence-corrected chi connectivity index (χ0v) is 9.20. The molecule has 0 unspecified atom stereocenters. The third-order valence-corrected chi connectivity index (χ3v) is 2.83. The highest BCUT2D eigenvalue weighted by molar-refractivity contribution is 5.15. The third-order valence-electron chi connectivity index (χ3n) is 2.83. The van der Waals surface area contributed by atoms with Crippen LogP contribution in [0.15, 0.2) is 18.1 Å². The van der Waals surface area contributed by atoms with Gasteiger partial charge >= 0.3 is 0 Å². The molecule has 1 aliphatic heterocycles. The van der Waals surface area contributed by atoms with Crippen molar-refractivity contribution >= 4 is 0 Å². The second kappa shape index (κ2) is 4.14. The minimum absolute atomic E-state index is 0.0129. The largest absolute Gasteiger partial charge is 0.291 e. The fourth-order valence-electron chi connectivity index (χ4n) is 1.91. The van der Waals surface area contributed by atoms with Gasteiger partial charge in [0.2, 0.25) is 0 Å². The molecular weight excluding hydrogens is 193 g/mol. The first kappa shape index (κ1) is 10.4. The van der Waals surface area contributed by atoms with Crippen molar-refractivity contribution in [3.05, 3.63) is 29.4 Å². The van der Waals surface area contributed by atoms with Crippen molar-refractivity contribution in [3.8, 4) is 0 Å². The molecule has 0 spiro atoms. The van der Waals surface area contributed by atoms with Gasteiger partial charge in [0.25, 0.3) is 0 Å². The highest BCUT2D eigenvalue weighted by Gasteiger charge is 2.15. The van der Waals surface area contributed by atoms with Gasteiger partial charge in [-0.25, -0.2) is 4.39 Å². The van der Waals surface area contributed by atoms with Crippen molar-refractivity contribution in [2.24, 2.45) is 7.05 Å². The number of halogens is 1. The highest BCUT2D eigenvalue weighted by atomic mass is 19.1. The van der Waals surface area contributed by atoms with E-state index in [1.54, 1.807) is 6.08 Å². The highest BCUT2D eigenvalue weighted by Crippen LogP contribution is 2.15. The third kappa shape index (κ3) is 2.26. The average molecular weight is 209 g/mol. The number of nitrogens with zero attached hydrogens (tertiary/aromatic N) is 3. The van der Waals surface area contributed by atoms with Gasteiger partial charge in [0.05, 0.1) is 18.4 Å². The second-order valence-corrected chi connectivity index (χ2v) is 4.05. The van der Waals surface area contributed by atoms with E-state index in [1.807, 2.05) is 24.9 Å². The van der Waals surface area contributed by atoms with Crippen LogP contribution < -0.4 is 0 Å². The van der Waals surface area contributed by atoms with Gasteiger partial charge in [0.15, 0.2) is 0 Å². The molecule has 0 aromatic carbocycles. The van der Waals surface area contributed by atoms with E-state index in [1.165, 1.54) is 11.3 Å². The van der Waals surface area contributed by atoms with Crippen molar-refractivity contribution < 1.29 is 4.39 Å². The summed E-state index contributed by atoms with van der Waals surface area (Å²) in [5, 5.41) is 4.18. The second-order valence-electron chi connectivity index (χ2n) is 4.05. The topological polar surface area (TPSA) is 21.1 Å². The Morgan fingerprint density at radius 3 is 2.93 bits per heavy atom. The quantitative estimate of drug-likeness (QED) is 0.740. The molecule has 0 atom stereocenters. The van der Waals surface area contributed by atoms with E-state index in [9.17, 15) is 4.39 Å². The van der Waals surface area contributed by atoms with Gasteiger partial charge in [-0.15, -0.1) is 0 Å². The summed E-state index contributed by atoms with van der Waals surface area (Å²) in [6.45, 7) is 4.19. The number of aromatic nitrogens is 2. The molecule has 2 rings (SSSR count). The average Bonchev–Trinajstić information content (AvgIpc) is 2.50. The van der Waals surface area contributed by atoms with E-state index < -0.39 is 0 Å². The lowest BCUT2D eigenvalue weighted by molar-refractivity contribution is 0.252. The first-order valence-electron chi connectivity index (χ1n) is 5.21. The van der Waals surface area contributed by atoms with Crippen molar-refractivity contribution in [2.45, 2.75) is 19.9 Å². The summed E-state index contributed by atoms with van der Waals surface area (Å²) in [6, 6.07) is 0.